The fourth-order valence-corrected chi connectivity index (χ4v) is 6.42. The molecule has 0 aromatic carbocycles. The molecule has 25 heavy (non-hydrogen) atoms. The lowest BCUT2D eigenvalue weighted by Gasteiger charge is -2.51. The van der Waals surface area contributed by atoms with E-state index < -0.39 is 8.80 Å². The highest BCUT2D eigenvalue weighted by molar-refractivity contribution is 6.60. The molecule has 1 heterocycles. The molecule has 0 aromatic rings. The van der Waals surface area contributed by atoms with Gasteiger partial charge in [0.1, 0.15) is 0 Å². The van der Waals surface area contributed by atoms with Crippen molar-refractivity contribution in [3.8, 4) is 0 Å². The standard InChI is InChI=1S/C18H39NO5Si/c1-8-22-25(23-9-2,24-10-3)13-11-12-21-16-14-17(4,5)19(20)18(6,7)15-16/h16,20H,8-15H2,1-7H3. The molecule has 1 N–H and O–H groups in total. The first-order valence-corrected chi connectivity index (χ1v) is 11.6. The summed E-state index contributed by atoms with van der Waals surface area (Å²) in [4.78, 5) is 0. The molecule has 150 valence electrons. The molecule has 0 atom stereocenters. The van der Waals surface area contributed by atoms with Gasteiger partial charge in [0, 0.05) is 43.5 Å². The Kier molecular flexibility index (Phi) is 9.00. The Bertz CT molecular complexity index is 357. The summed E-state index contributed by atoms with van der Waals surface area (Å²) >= 11 is 0. The molecule has 6 nitrogen and oxygen atoms in total. The van der Waals surface area contributed by atoms with Gasteiger partial charge in [-0.05, 0) is 67.7 Å². The number of hydrogen-bond acceptors (Lipinski definition) is 6. The van der Waals surface area contributed by atoms with Gasteiger partial charge < -0.3 is 23.2 Å². The minimum absolute atomic E-state index is 0.149. The van der Waals surface area contributed by atoms with Crippen molar-refractivity contribution in [1.29, 1.82) is 0 Å². The van der Waals surface area contributed by atoms with E-state index in [9.17, 15) is 5.21 Å². The second kappa shape index (κ2) is 9.78. The number of rotatable bonds is 11. The summed E-state index contributed by atoms with van der Waals surface area (Å²) < 4.78 is 23.8. The lowest BCUT2D eigenvalue weighted by Crippen LogP contribution is -2.60. The number of hydrogen-bond donors (Lipinski definition) is 1. The predicted molar refractivity (Wildman–Crippen MR) is 101 cm³/mol. The molecule has 1 saturated heterocycles. The van der Waals surface area contributed by atoms with Gasteiger partial charge in [-0.3, -0.25) is 0 Å². The molecule has 7 heteroatoms. The SMILES string of the molecule is CCO[Si](CCCOC1CC(C)(C)N(O)C(C)(C)C1)(OCC)OCC. The fraction of sp³-hybridized carbons (Fsp3) is 1.00. The lowest BCUT2D eigenvalue weighted by molar-refractivity contribution is -0.261. The van der Waals surface area contributed by atoms with Crippen LogP contribution in [0.15, 0.2) is 0 Å². The maximum atomic E-state index is 10.4. The van der Waals surface area contributed by atoms with Gasteiger partial charge in [0.25, 0.3) is 0 Å². The zero-order valence-electron chi connectivity index (χ0n) is 17.3. The van der Waals surface area contributed by atoms with Gasteiger partial charge in [0.2, 0.25) is 0 Å². The first-order chi connectivity index (χ1) is 11.6. The summed E-state index contributed by atoms with van der Waals surface area (Å²) in [5.41, 5.74) is -0.570. The first-order valence-electron chi connectivity index (χ1n) is 9.65. The minimum Gasteiger partial charge on any atom is -0.378 e. The van der Waals surface area contributed by atoms with Crippen molar-refractivity contribution in [2.75, 3.05) is 26.4 Å². The van der Waals surface area contributed by atoms with Gasteiger partial charge in [-0.25, -0.2) is 0 Å². The molecule has 0 bridgehead atoms. The van der Waals surface area contributed by atoms with E-state index in [1.54, 1.807) is 0 Å². The molecule has 0 spiro atoms. The van der Waals surface area contributed by atoms with Crippen molar-refractivity contribution in [3.05, 3.63) is 0 Å². The molecule has 1 fully saturated rings. The molecule has 0 amide bonds. The van der Waals surface area contributed by atoms with Crippen LogP contribution in [-0.4, -0.2) is 62.7 Å². The molecular formula is C18H39NO5Si. The van der Waals surface area contributed by atoms with Crippen LogP contribution in [0.2, 0.25) is 6.04 Å². The van der Waals surface area contributed by atoms with Crippen molar-refractivity contribution < 1.29 is 23.2 Å². The Hall–Kier alpha value is -0.0231. The molecule has 1 rings (SSSR count). The van der Waals surface area contributed by atoms with Crippen LogP contribution < -0.4 is 0 Å². The van der Waals surface area contributed by atoms with E-state index in [0.29, 0.717) is 26.4 Å². The molecule has 1 aliphatic rings. The Labute approximate surface area is 155 Å². The molecule has 0 aliphatic carbocycles. The number of nitrogens with zero attached hydrogens (tertiary/aromatic N) is 1. The molecule has 0 aromatic heterocycles. The summed E-state index contributed by atoms with van der Waals surface area (Å²) in [5.74, 6) is 0. The third-order valence-corrected chi connectivity index (χ3v) is 7.83. The van der Waals surface area contributed by atoms with Crippen molar-refractivity contribution in [2.45, 2.75) is 91.0 Å². The number of ether oxygens (including phenoxy) is 1. The number of hydroxylamine groups is 2. The zero-order valence-corrected chi connectivity index (χ0v) is 18.3. The molecule has 0 radical (unpaired) electrons. The Balaban J connectivity index is 2.52. The molecule has 0 saturated carbocycles. The molecule has 0 unspecified atom stereocenters. The van der Waals surface area contributed by atoms with E-state index in [-0.39, 0.29) is 17.2 Å². The van der Waals surface area contributed by atoms with Gasteiger partial charge in [0.05, 0.1) is 6.10 Å². The largest absolute Gasteiger partial charge is 0.501 e. The summed E-state index contributed by atoms with van der Waals surface area (Å²) in [6.07, 6.45) is 2.64. The van der Waals surface area contributed by atoms with Crippen LogP contribution >= 0.6 is 0 Å². The lowest BCUT2D eigenvalue weighted by atomic mass is 9.80. The quantitative estimate of drug-likeness (QED) is 0.436. The van der Waals surface area contributed by atoms with E-state index in [2.05, 4.69) is 27.7 Å². The Morgan fingerprint density at radius 3 is 1.76 bits per heavy atom. The van der Waals surface area contributed by atoms with Crippen molar-refractivity contribution in [3.63, 3.8) is 0 Å². The van der Waals surface area contributed by atoms with Gasteiger partial charge >= 0.3 is 8.80 Å². The zero-order chi connectivity index (χ0) is 19.1. The van der Waals surface area contributed by atoms with E-state index in [0.717, 1.165) is 25.3 Å². The highest BCUT2D eigenvalue weighted by atomic mass is 28.4. The second-order valence-corrected chi connectivity index (χ2v) is 10.7. The summed E-state index contributed by atoms with van der Waals surface area (Å²) in [6.45, 7) is 16.6. The van der Waals surface area contributed by atoms with Crippen LogP contribution in [0.25, 0.3) is 0 Å². The van der Waals surface area contributed by atoms with Gasteiger partial charge in [-0.1, -0.05) is 0 Å². The maximum absolute atomic E-state index is 10.4. The van der Waals surface area contributed by atoms with Crippen LogP contribution in [0, 0.1) is 0 Å². The fourth-order valence-electron chi connectivity index (χ4n) is 3.84. The predicted octanol–water partition coefficient (Wildman–Crippen LogP) is 3.85. The summed E-state index contributed by atoms with van der Waals surface area (Å²) in [7, 11) is -2.58. The second-order valence-electron chi connectivity index (χ2n) is 7.92. The van der Waals surface area contributed by atoms with E-state index in [1.165, 1.54) is 5.06 Å². The van der Waals surface area contributed by atoms with Gasteiger partial charge in [0.15, 0.2) is 0 Å². The van der Waals surface area contributed by atoms with Crippen molar-refractivity contribution in [1.82, 2.24) is 5.06 Å². The van der Waals surface area contributed by atoms with Crippen molar-refractivity contribution in [2.24, 2.45) is 0 Å². The summed E-state index contributed by atoms with van der Waals surface area (Å²) in [5, 5.41) is 11.9. The third kappa shape index (κ3) is 6.57. The minimum atomic E-state index is -2.58. The number of piperidine rings is 1. The maximum Gasteiger partial charge on any atom is 0.501 e. The normalized spacial score (nSPS) is 21.6. The van der Waals surface area contributed by atoms with Gasteiger partial charge in [-0.2, -0.15) is 5.06 Å². The van der Waals surface area contributed by atoms with E-state index >= 15 is 0 Å². The average Bonchev–Trinajstić information content (AvgIpc) is 2.49. The Morgan fingerprint density at radius 2 is 1.36 bits per heavy atom. The first kappa shape index (κ1) is 23.0. The van der Waals surface area contributed by atoms with Crippen LogP contribution in [0.5, 0.6) is 0 Å². The molecular weight excluding hydrogens is 338 g/mol. The summed E-state index contributed by atoms with van der Waals surface area (Å²) in [6, 6.07) is 0.772. The smallest absolute Gasteiger partial charge is 0.378 e. The van der Waals surface area contributed by atoms with E-state index in [4.69, 9.17) is 18.0 Å². The highest BCUT2D eigenvalue weighted by Gasteiger charge is 2.45. The van der Waals surface area contributed by atoms with Crippen LogP contribution in [0.4, 0.5) is 0 Å². The van der Waals surface area contributed by atoms with Crippen LogP contribution in [0.3, 0.4) is 0 Å². The molecule has 1 aliphatic heterocycles. The van der Waals surface area contributed by atoms with Gasteiger partial charge in [-0.15, -0.1) is 0 Å². The third-order valence-electron chi connectivity index (χ3n) is 4.67. The van der Waals surface area contributed by atoms with Crippen molar-refractivity contribution >= 4 is 8.80 Å². The van der Waals surface area contributed by atoms with Crippen LogP contribution in [0.1, 0.15) is 67.7 Å². The topological polar surface area (TPSA) is 60.4 Å². The average molecular weight is 378 g/mol. The Morgan fingerprint density at radius 1 is 0.920 bits per heavy atom. The van der Waals surface area contributed by atoms with Crippen LogP contribution in [-0.2, 0) is 18.0 Å². The highest BCUT2D eigenvalue weighted by Crippen LogP contribution is 2.38. The monoisotopic (exact) mass is 377 g/mol. The van der Waals surface area contributed by atoms with E-state index in [1.807, 2.05) is 20.8 Å².